The van der Waals surface area contributed by atoms with Crippen LogP contribution in [0.5, 0.6) is 5.75 Å². The highest BCUT2D eigenvalue weighted by Crippen LogP contribution is 2.32. The summed E-state index contributed by atoms with van der Waals surface area (Å²) in [6.07, 6.45) is 1.09. The third-order valence-corrected chi connectivity index (χ3v) is 3.28. The highest BCUT2D eigenvalue weighted by atomic mass is 79.9. The standard InChI is InChI=1S/C11H14BrNO/c1-13-6-8-5-9-10(12)3-2-4-11(9)14-7-8/h2-4,8,13H,5-7H2,1H3. The van der Waals surface area contributed by atoms with Crippen LogP contribution in [0.25, 0.3) is 0 Å². The number of hydrogen-bond acceptors (Lipinski definition) is 2. The molecule has 0 fully saturated rings. The maximum Gasteiger partial charge on any atom is 0.123 e. The molecule has 14 heavy (non-hydrogen) atoms. The van der Waals surface area contributed by atoms with E-state index in [1.807, 2.05) is 19.2 Å². The second-order valence-electron chi connectivity index (χ2n) is 3.66. The fourth-order valence-corrected chi connectivity index (χ4v) is 2.36. The van der Waals surface area contributed by atoms with Crippen molar-refractivity contribution in [3.05, 3.63) is 28.2 Å². The molecular weight excluding hydrogens is 242 g/mol. The van der Waals surface area contributed by atoms with Crippen molar-refractivity contribution in [1.29, 1.82) is 0 Å². The summed E-state index contributed by atoms with van der Waals surface area (Å²) < 4.78 is 6.86. The van der Waals surface area contributed by atoms with Crippen LogP contribution < -0.4 is 10.1 Å². The molecule has 1 atom stereocenters. The van der Waals surface area contributed by atoms with Gasteiger partial charge in [0.05, 0.1) is 6.61 Å². The summed E-state index contributed by atoms with van der Waals surface area (Å²) in [6.45, 7) is 1.84. The molecule has 0 amide bonds. The van der Waals surface area contributed by atoms with Crippen LogP contribution in [0, 0.1) is 5.92 Å². The molecule has 76 valence electrons. The van der Waals surface area contributed by atoms with Gasteiger partial charge in [0, 0.05) is 22.5 Å². The molecule has 0 saturated carbocycles. The first-order valence-electron chi connectivity index (χ1n) is 4.86. The summed E-state index contributed by atoms with van der Waals surface area (Å²) in [5.41, 5.74) is 1.30. The van der Waals surface area contributed by atoms with E-state index in [2.05, 4.69) is 27.3 Å². The monoisotopic (exact) mass is 255 g/mol. The Morgan fingerprint density at radius 3 is 3.21 bits per heavy atom. The highest BCUT2D eigenvalue weighted by Gasteiger charge is 2.20. The molecule has 1 aliphatic rings. The topological polar surface area (TPSA) is 21.3 Å². The maximum absolute atomic E-state index is 5.70. The lowest BCUT2D eigenvalue weighted by Gasteiger charge is -2.25. The van der Waals surface area contributed by atoms with Crippen molar-refractivity contribution in [1.82, 2.24) is 5.32 Å². The molecule has 0 aromatic heterocycles. The predicted molar refractivity (Wildman–Crippen MR) is 60.8 cm³/mol. The van der Waals surface area contributed by atoms with Gasteiger partial charge in [-0.25, -0.2) is 0 Å². The molecule has 0 saturated heterocycles. The Morgan fingerprint density at radius 1 is 1.57 bits per heavy atom. The lowest BCUT2D eigenvalue weighted by Crippen LogP contribution is -2.29. The predicted octanol–water partition coefficient (Wildman–Crippen LogP) is 2.22. The van der Waals surface area contributed by atoms with E-state index in [1.165, 1.54) is 5.56 Å². The molecule has 0 aliphatic carbocycles. The van der Waals surface area contributed by atoms with Gasteiger partial charge in [-0.1, -0.05) is 22.0 Å². The van der Waals surface area contributed by atoms with Crippen LogP contribution >= 0.6 is 15.9 Å². The number of halogens is 1. The van der Waals surface area contributed by atoms with Crippen molar-refractivity contribution < 1.29 is 4.74 Å². The molecule has 0 radical (unpaired) electrons. The first kappa shape index (κ1) is 9.99. The fourth-order valence-electron chi connectivity index (χ4n) is 1.85. The highest BCUT2D eigenvalue weighted by molar-refractivity contribution is 9.10. The van der Waals surface area contributed by atoms with E-state index in [0.29, 0.717) is 5.92 Å². The van der Waals surface area contributed by atoms with Gasteiger partial charge < -0.3 is 10.1 Å². The molecule has 3 heteroatoms. The average Bonchev–Trinajstić information content (AvgIpc) is 2.20. The third kappa shape index (κ3) is 1.93. The van der Waals surface area contributed by atoms with Crippen LogP contribution in [-0.2, 0) is 6.42 Å². The van der Waals surface area contributed by atoms with Gasteiger partial charge in [0.25, 0.3) is 0 Å². The second kappa shape index (κ2) is 4.32. The van der Waals surface area contributed by atoms with Crippen LogP contribution in [0.3, 0.4) is 0 Å². The Hall–Kier alpha value is -0.540. The Balaban J connectivity index is 2.20. The van der Waals surface area contributed by atoms with E-state index < -0.39 is 0 Å². The Morgan fingerprint density at radius 2 is 2.43 bits per heavy atom. The molecule has 1 aliphatic heterocycles. The van der Waals surface area contributed by atoms with E-state index in [9.17, 15) is 0 Å². The minimum Gasteiger partial charge on any atom is -0.493 e. The minimum absolute atomic E-state index is 0.589. The lowest BCUT2D eigenvalue weighted by molar-refractivity contribution is 0.220. The molecule has 0 spiro atoms. The van der Waals surface area contributed by atoms with E-state index >= 15 is 0 Å². The third-order valence-electron chi connectivity index (χ3n) is 2.54. The van der Waals surface area contributed by atoms with Gasteiger partial charge in [0.1, 0.15) is 5.75 Å². The van der Waals surface area contributed by atoms with Crippen molar-refractivity contribution in [2.75, 3.05) is 20.2 Å². The van der Waals surface area contributed by atoms with Gasteiger partial charge in [-0.2, -0.15) is 0 Å². The van der Waals surface area contributed by atoms with Gasteiger partial charge in [0.2, 0.25) is 0 Å². The number of fused-ring (bicyclic) bond motifs is 1. The average molecular weight is 256 g/mol. The summed E-state index contributed by atoms with van der Waals surface area (Å²) in [5, 5.41) is 3.19. The van der Waals surface area contributed by atoms with Crippen molar-refractivity contribution >= 4 is 15.9 Å². The van der Waals surface area contributed by atoms with Gasteiger partial charge in [0.15, 0.2) is 0 Å². The Bertz CT molecular complexity index is 327. The van der Waals surface area contributed by atoms with Gasteiger partial charge in [-0.05, 0) is 25.6 Å². The first-order chi connectivity index (χ1) is 6.81. The summed E-state index contributed by atoms with van der Waals surface area (Å²) >= 11 is 3.56. The molecule has 1 heterocycles. The number of benzene rings is 1. The van der Waals surface area contributed by atoms with Crippen molar-refractivity contribution in [3.63, 3.8) is 0 Å². The van der Waals surface area contributed by atoms with E-state index in [1.54, 1.807) is 0 Å². The number of ether oxygens (including phenoxy) is 1. The molecule has 1 N–H and O–H groups in total. The van der Waals surface area contributed by atoms with Crippen LogP contribution in [-0.4, -0.2) is 20.2 Å². The van der Waals surface area contributed by atoms with Gasteiger partial charge >= 0.3 is 0 Å². The summed E-state index contributed by atoms with van der Waals surface area (Å²) in [6, 6.07) is 6.13. The van der Waals surface area contributed by atoms with Crippen LogP contribution in [0.4, 0.5) is 0 Å². The van der Waals surface area contributed by atoms with Crippen LogP contribution in [0.1, 0.15) is 5.56 Å². The Labute approximate surface area is 92.8 Å². The first-order valence-corrected chi connectivity index (χ1v) is 5.65. The number of rotatable bonds is 2. The van der Waals surface area contributed by atoms with Crippen LogP contribution in [0.2, 0.25) is 0 Å². The van der Waals surface area contributed by atoms with Crippen molar-refractivity contribution in [2.24, 2.45) is 5.92 Å². The van der Waals surface area contributed by atoms with Crippen LogP contribution in [0.15, 0.2) is 22.7 Å². The smallest absolute Gasteiger partial charge is 0.123 e. The fraction of sp³-hybridized carbons (Fsp3) is 0.455. The van der Waals surface area contributed by atoms with E-state index in [0.717, 1.165) is 29.8 Å². The molecule has 1 aromatic carbocycles. The summed E-state index contributed by atoms with van der Waals surface area (Å²) in [5.74, 6) is 1.62. The molecular formula is C11H14BrNO. The summed E-state index contributed by atoms with van der Waals surface area (Å²) in [4.78, 5) is 0. The number of nitrogens with one attached hydrogen (secondary N) is 1. The molecule has 0 bridgehead atoms. The lowest BCUT2D eigenvalue weighted by atomic mass is 9.97. The summed E-state index contributed by atoms with van der Waals surface area (Å²) in [7, 11) is 1.98. The second-order valence-corrected chi connectivity index (χ2v) is 4.51. The zero-order valence-corrected chi connectivity index (χ0v) is 9.80. The van der Waals surface area contributed by atoms with Gasteiger partial charge in [-0.15, -0.1) is 0 Å². The van der Waals surface area contributed by atoms with Gasteiger partial charge in [-0.3, -0.25) is 0 Å². The molecule has 1 aromatic rings. The van der Waals surface area contributed by atoms with Crippen molar-refractivity contribution in [2.45, 2.75) is 6.42 Å². The SMILES string of the molecule is CNCC1COc2cccc(Br)c2C1. The largest absolute Gasteiger partial charge is 0.493 e. The maximum atomic E-state index is 5.70. The van der Waals surface area contributed by atoms with Crippen molar-refractivity contribution in [3.8, 4) is 5.75 Å². The Kier molecular flexibility index (Phi) is 3.08. The zero-order valence-electron chi connectivity index (χ0n) is 8.22. The van der Waals surface area contributed by atoms with E-state index in [4.69, 9.17) is 4.74 Å². The molecule has 2 nitrogen and oxygen atoms in total. The quantitative estimate of drug-likeness (QED) is 0.876. The minimum atomic E-state index is 0.589. The zero-order chi connectivity index (χ0) is 9.97. The normalized spacial score (nSPS) is 20.0. The van der Waals surface area contributed by atoms with E-state index in [-0.39, 0.29) is 0 Å². The molecule has 1 unspecified atom stereocenters. The number of hydrogen-bond donors (Lipinski definition) is 1. The molecule has 2 rings (SSSR count).